The molecule has 0 aliphatic carbocycles. The molecule has 0 aromatic rings. The number of nitrogens with zero attached hydrogens (tertiary/aromatic N) is 1. The predicted octanol–water partition coefficient (Wildman–Crippen LogP) is 0.0191. The monoisotopic (exact) mass is 240 g/mol. The van der Waals surface area contributed by atoms with E-state index >= 15 is 0 Å². The summed E-state index contributed by atoms with van der Waals surface area (Å²) in [7, 11) is -3.28. The van der Waals surface area contributed by atoms with Crippen molar-refractivity contribution in [2.24, 2.45) is 0 Å². The first kappa shape index (κ1) is 11.2. The molecule has 2 fully saturated rings. The number of sulfonamides is 1. The van der Waals surface area contributed by atoms with Crippen LogP contribution in [0.2, 0.25) is 0 Å². The second-order valence-electron chi connectivity index (χ2n) is 4.13. The highest BCUT2D eigenvalue weighted by Crippen LogP contribution is 2.28. The minimum Gasteiger partial charge on any atom is -0.310 e. The van der Waals surface area contributed by atoms with Gasteiger partial charge in [0.2, 0.25) is 10.0 Å². The Labute approximate surface area is 87.7 Å². The summed E-state index contributed by atoms with van der Waals surface area (Å²) < 4.78 is 50.4. The Morgan fingerprint density at radius 3 is 2.67 bits per heavy atom. The molecule has 0 saturated carbocycles. The number of piperidine rings is 1. The molecule has 2 aliphatic heterocycles. The highest BCUT2D eigenvalue weighted by molar-refractivity contribution is 7.89. The fourth-order valence-electron chi connectivity index (χ4n) is 2.18. The Bertz CT molecular complexity index is 345. The zero-order valence-electron chi connectivity index (χ0n) is 8.25. The Hall–Kier alpha value is -0.270. The zero-order chi connectivity index (χ0) is 11.1. The van der Waals surface area contributed by atoms with Gasteiger partial charge in [0.15, 0.2) is 0 Å². The van der Waals surface area contributed by atoms with Crippen molar-refractivity contribution in [1.82, 2.24) is 9.62 Å². The predicted molar refractivity (Wildman–Crippen MR) is 51.3 cm³/mol. The summed E-state index contributed by atoms with van der Waals surface area (Å²) >= 11 is 0. The van der Waals surface area contributed by atoms with Crippen molar-refractivity contribution in [3.8, 4) is 0 Å². The van der Waals surface area contributed by atoms with Gasteiger partial charge in [-0.2, -0.15) is 4.31 Å². The van der Waals surface area contributed by atoms with E-state index in [0.29, 0.717) is 19.5 Å². The smallest absolute Gasteiger partial charge is 0.261 e. The van der Waals surface area contributed by atoms with Crippen molar-refractivity contribution in [1.29, 1.82) is 0 Å². The number of alkyl halides is 2. The topological polar surface area (TPSA) is 49.4 Å². The van der Waals surface area contributed by atoms with Crippen molar-refractivity contribution < 1.29 is 17.2 Å². The minimum absolute atomic E-state index is 0.0923. The maximum atomic E-state index is 13.1. The number of halogens is 2. The highest BCUT2D eigenvalue weighted by Gasteiger charge is 2.43. The average Bonchev–Trinajstić information content (AvgIpc) is 2.43. The van der Waals surface area contributed by atoms with Gasteiger partial charge >= 0.3 is 0 Å². The van der Waals surface area contributed by atoms with Gasteiger partial charge in [0, 0.05) is 25.6 Å². The second kappa shape index (κ2) is 3.64. The normalized spacial score (nSPS) is 35.5. The Kier molecular flexibility index (Phi) is 2.72. The van der Waals surface area contributed by atoms with Crippen molar-refractivity contribution in [3.63, 3.8) is 0 Å². The molecule has 2 aliphatic rings. The van der Waals surface area contributed by atoms with E-state index in [2.05, 4.69) is 5.32 Å². The molecule has 1 atom stereocenters. The van der Waals surface area contributed by atoms with Crippen molar-refractivity contribution in [2.45, 2.75) is 24.8 Å². The summed E-state index contributed by atoms with van der Waals surface area (Å²) in [5.41, 5.74) is 0. The van der Waals surface area contributed by atoms with Gasteiger partial charge < -0.3 is 5.32 Å². The minimum atomic E-state index is -3.28. The fourth-order valence-corrected chi connectivity index (χ4v) is 3.92. The summed E-state index contributed by atoms with van der Waals surface area (Å²) in [6.07, 6.45) is 0.184. The molecule has 0 aromatic carbocycles. The molecule has 0 radical (unpaired) electrons. The van der Waals surface area contributed by atoms with Gasteiger partial charge in [-0.25, -0.2) is 17.2 Å². The molecule has 88 valence electrons. The van der Waals surface area contributed by atoms with Crippen LogP contribution in [0.5, 0.6) is 0 Å². The molecule has 0 unspecified atom stereocenters. The molecule has 7 heteroatoms. The van der Waals surface area contributed by atoms with Crippen LogP contribution in [0.25, 0.3) is 0 Å². The lowest BCUT2D eigenvalue weighted by Gasteiger charge is -2.34. The summed E-state index contributed by atoms with van der Waals surface area (Å²) in [4.78, 5) is 0. The fraction of sp³-hybridized carbons (Fsp3) is 1.00. The Morgan fingerprint density at radius 2 is 2.13 bits per heavy atom. The van der Waals surface area contributed by atoms with Crippen molar-refractivity contribution >= 4 is 10.0 Å². The highest BCUT2D eigenvalue weighted by atomic mass is 32.2. The van der Waals surface area contributed by atoms with Gasteiger partial charge in [-0.15, -0.1) is 0 Å². The molecule has 0 bridgehead atoms. The van der Waals surface area contributed by atoms with Crippen LogP contribution in [0.1, 0.15) is 12.8 Å². The molecule has 2 rings (SSSR count). The molecule has 0 spiro atoms. The number of nitrogens with one attached hydrogen (secondary N) is 1. The number of hydrogen-bond acceptors (Lipinski definition) is 3. The zero-order valence-corrected chi connectivity index (χ0v) is 9.06. The van der Waals surface area contributed by atoms with Gasteiger partial charge in [0.1, 0.15) is 0 Å². The van der Waals surface area contributed by atoms with Crippen LogP contribution in [0.15, 0.2) is 0 Å². The van der Waals surface area contributed by atoms with Crippen LogP contribution in [0, 0.1) is 0 Å². The SMILES string of the molecule is O=S1(=O)CCCN1[C@@H]1CNCC(F)(F)C1. The number of hydrogen-bond donors (Lipinski definition) is 1. The molecule has 0 aromatic heterocycles. The third-order valence-corrected chi connectivity index (χ3v) is 4.84. The second-order valence-corrected chi connectivity index (χ2v) is 6.17. The lowest BCUT2D eigenvalue weighted by atomic mass is 10.0. The molecular weight excluding hydrogens is 226 g/mol. The molecule has 15 heavy (non-hydrogen) atoms. The standard InChI is InChI=1S/C8H14F2N2O2S/c9-8(10)4-7(5-11-6-8)12-2-1-3-15(12,13)14/h7,11H,1-6H2/t7-/m0/s1. The number of rotatable bonds is 1. The third kappa shape index (κ3) is 2.29. The quantitative estimate of drug-likeness (QED) is 0.703. The molecule has 2 saturated heterocycles. The molecule has 2 heterocycles. The van der Waals surface area contributed by atoms with Gasteiger partial charge in [0.05, 0.1) is 12.3 Å². The van der Waals surface area contributed by atoms with Gasteiger partial charge in [0.25, 0.3) is 5.92 Å². The van der Waals surface area contributed by atoms with E-state index in [0.717, 1.165) is 0 Å². The summed E-state index contributed by atoms with van der Waals surface area (Å²) in [5, 5.41) is 2.58. The molecular formula is C8H14F2N2O2S. The van der Waals surface area contributed by atoms with Crippen molar-refractivity contribution in [3.05, 3.63) is 0 Å². The van der Waals surface area contributed by atoms with E-state index in [9.17, 15) is 17.2 Å². The third-order valence-electron chi connectivity index (χ3n) is 2.84. The van der Waals surface area contributed by atoms with Crippen LogP contribution in [-0.4, -0.2) is 50.1 Å². The van der Waals surface area contributed by atoms with Crippen LogP contribution in [0.4, 0.5) is 8.78 Å². The summed E-state index contributed by atoms with van der Waals surface area (Å²) in [5.74, 6) is -2.70. The largest absolute Gasteiger partial charge is 0.310 e. The maximum Gasteiger partial charge on any atom is 0.261 e. The molecule has 0 amide bonds. The first-order chi connectivity index (χ1) is 6.91. The van der Waals surface area contributed by atoms with E-state index in [1.54, 1.807) is 0 Å². The van der Waals surface area contributed by atoms with Gasteiger partial charge in [-0.05, 0) is 6.42 Å². The van der Waals surface area contributed by atoms with E-state index < -0.39 is 22.0 Å². The summed E-state index contributed by atoms with van der Waals surface area (Å²) in [6, 6.07) is -0.582. The van der Waals surface area contributed by atoms with Crippen molar-refractivity contribution in [2.75, 3.05) is 25.4 Å². The van der Waals surface area contributed by atoms with E-state index in [4.69, 9.17) is 0 Å². The van der Waals surface area contributed by atoms with Crippen LogP contribution < -0.4 is 5.32 Å². The summed E-state index contributed by atoms with van der Waals surface area (Å²) in [6.45, 7) is 0.358. The van der Waals surface area contributed by atoms with E-state index in [1.807, 2.05) is 0 Å². The van der Waals surface area contributed by atoms with E-state index in [-0.39, 0.29) is 18.7 Å². The Balaban J connectivity index is 2.11. The first-order valence-corrected chi connectivity index (χ1v) is 6.60. The molecule has 1 N–H and O–H groups in total. The first-order valence-electron chi connectivity index (χ1n) is 4.99. The van der Waals surface area contributed by atoms with Gasteiger partial charge in [-0.1, -0.05) is 0 Å². The van der Waals surface area contributed by atoms with Gasteiger partial charge in [-0.3, -0.25) is 0 Å². The maximum absolute atomic E-state index is 13.1. The lowest BCUT2D eigenvalue weighted by Crippen LogP contribution is -2.53. The van der Waals surface area contributed by atoms with E-state index in [1.165, 1.54) is 4.31 Å². The Morgan fingerprint density at radius 1 is 1.40 bits per heavy atom. The van der Waals surface area contributed by atoms with Crippen LogP contribution in [0.3, 0.4) is 0 Å². The van der Waals surface area contributed by atoms with Crippen LogP contribution >= 0.6 is 0 Å². The van der Waals surface area contributed by atoms with Crippen LogP contribution in [-0.2, 0) is 10.0 Å². The lowest BCUT2D eigenvalue weighted by molar-refractivity contribution is -0.0397. The average molecular weight is 240 g/mol. The molecule has 4 nitrogen and oxygen atoms in total.